The van der Waals surface area contributed by atoms with Crippen molar-refractivity contribution in [1.82, 2.24) is 10.2 Å². The fraction of sp³-hybridized carbons (Fsp3) is 0.455. The second-order valence-corrected chi connectivity index (χ2v) is 8.55. The van der Waals surface area contributed by atoms with Crippen molar-refractivity contribution < 1.29 is 14.3 Å². The van der Waals surface area contributed by atoms with Crippen LogP contribution in [0.4, 0.5) is 5.00 Å². The molecule has 2 amide bonds. The van der Waals surface area contributed by atoms with Crippen LogP contribution in [0.2, 0.25) is 0 Å². The number of ether oxygens (including phenoxy) is 1. The molecule has 2 aromatic rings. The lowest BCUT2D eigenvalue weighted by atomic mass is 9.95. The van der Waals surface area contributed by atoms with Crippen LogP contribution in [0, 0.1) is 0 Å². The van der Waals surface area contributed by atoms with Crippen molar-refractivity contribution in [2.75, 3.05) is 44.7 Å². The van der Waals surface area contributed by atoms with Crippen LogP contribution >= 0.6 is 11.3 Å². The molecule has 29 heavy (non-hydrogen) atoms. The van der Waals surface area contributed by atoms with Gasteiger partial charge in [0.15, 0.2) is 0 Å². The van der Waals surface area contributed by atoms with Crippen molar-refractivity contribution in [1.29, 1.82) is 0 Å². The van der Waals surface area contributed by atoms with E-state index >= 15 is 0 Å². The zero-order valence-corrected chi connectivity index (χ0v) is 17.4. The van der Waals surface area contributed by atoms with Crippen LogP contribution in [0.3, 0.4) is 0 Å². The third-order valence-corrected chi connectivity index (χ3v) is 6.69. The first-order valence-corrected chi connectivity index (χ1v) is 11.1. The van der Waals surface area contributed by atoms with Crippen molar-refractivity contribution in [3.05, 3.63) is 51.9 Å². The highest BCUT2D eigenvalue weighted by molar-refractivity contribution is 7.17. The second-order valence-electron chi connectivity index (χ2n) is 7.45. The Kier molecular flexibility index (Phi) is 6.59. The molecule has 1 aromatic carbocycles. The summed E-state index contributed by atoms with van der Waals surface area (Å²) in [6.07, 6.45) is 4.11. The number of aryl methyl sites for hydroxylation is 1. The largest absolute Gasteiger partial charge is 0.379 e. The van der Waals surface area contributed by atoms with Gasteiger partial charge in [0.05, 0.1) is 18.8 Å². The number of hydrogen-bond acceptors (Lipinski definition) is 5. The molecule has 0 radical (unpaired) electrons. The number of carbonyl (C=O) groups is 2. The normalized spacial score (nSPS) is 16.8. The molecule has 0 spiro atoms. The smallest absolute Gasteiger partial charge is 0.256 e. The minimum absolute atomic E-state index is 0.0824. The first kappa shape index (κ1) is 20.1. The molecule has 1 aromatic heterocycles. The maximum absolute atomic E-state index is 13.1. The predicted molar refractivity (Wildman–Crippen MR) is 115 cm³/mol. The molecular weight excluding hydrogens is 386 g/mol. The van der Waals surface area contributed by atoms with E-state index < -0.39 is 0 Å². The molecule has 1 saturated heterocycles. The van der Waals surface area contributed by atoms with Crippen molar-refractivity contribution in [2.24, 2.45) is 0 Å². The third-order valence-electron chi connectivity index (χ3n) is 5.48. The molecule has 6 nitrogen and oxygen atoms in total. The lowest BCUT2D eigenvalue weighted by Gasteiger charge is -2.26. The number of morpholine rings is 1. The minimum atomic E-state index is -0.174. The molecule has 0 saturated carbocycles. The van der Waals surface area contributed by atoms with Crippen molar-refractivity contribution >= 4 is 28.2 Å². The Morgan fingerprint density at radius 2 is 1.79 bits per heavy atom. The quantitative estimate of drug-likeness (QED) is 0.764. The Bertz CT molecular complexity index is 860. The summed E-state index contributed by atoms with van der Waals surface area (Å²) in [6.45, 7) is 4.72. The van der Waals surface area contributed by atoms with E-state index in [-0.39, 0.29) is 11.8 Å². The summed E-state index contributed by atoms with van der Waals surface area (Å²) in [5.74, 6) is -0.257. The van der Waals surface area contributed by atoms with E-state index in [1.807, 2.05) is 18.2 Å². The zero-order chi connectivity index (χ0) is 20.1. The van der Waals surface area contributed by atoms with Gasteiger partial charge in [-0.1, -0.05) is 18.2 Å². The van der Waals surface area contributed by atoms with Gasteiger partial charge in [-0.25, -0.2) is 0 Å². The van der Waals surface area contributed by atoms with Crippen molar-refractivity contribution in [3.63, 3.8) is 0 Å². The van der Waals surface area contributed by atoms with Gasteiger partial charge in [-0.05, 0) is 43.4 Å². The topological polar surface area (TPSA) is 70.7 Å². The number of nitrogens with one attached hydrogen (secondary N) is 2. The Hall–Kier alpha value is -2.22. The van der Waals surface area contributed by atoms with E-state index in [1.54, 1.807) is 23.5 Å². The van der Waals surface area contributed by atoms with Crippen molar-refractivity contribution in [2.45, 2.75) is 25.7 Å². The Balaban J connectivity index is 1.47. The Morgan fingerprint density at radius 1 is 1.03 bits per heavy atom. The van der Waals surface area contributed by atoms with Crippen LogP contribution in [-0.2, 0) is 17.6 Å². The number of anilines is 1. The standard InChI is InChI=1S/C22H27N3O3S/c26-20(16-6-2-1-3-7-16)24-22-19(17-8-4-5-9-18(17)29-22)21(27)23-10-11-25-12-14-28-15-13-25/h1-3,6-7H,4-5,8-15H2,(H,23,27)(H,24,26). The number of amides is 2. The Labute approximate surface area is 175 Å². The van der Waals surface area contributed by atoms with Crippen LogP contribution in [0.5, 0.6) is 0 Å². The number of thiophene rings is 1. The van der Waals surface area contributed by atoms with Gasteiger partial charge in [-0.3, -0.25) is 14.5 Å². The van der Waals surface area contributed by atoms with Gasteiger partial charge in [0.1, 0.15) is 5.00 Å². The van der Waals surface area contributed by atoms with E-state index in [9.17, 15) is 9.59 Å². The van der Waals surface area contributed by atoms with Gasteiger partial charge in [-0.15, -0.1) is 11.3 Å². The van der Waals surface area contributed by atoms with Gasteiger partial charge < -0.3 is 15.4 Å². The number of hydrogen-bond donors (Lipinski definition) is 2. The monoisotopic (exact) mass is 413 g/mol. The zero-order valence-electron chi connectivity index (χ0n) is 16.5. The second kappa shape index (κ2) is 9.52. The Morgan fingerprint density at radius 3 is 2.59 bits per heavy atom. The summed E-state index contributed by atoms with van der Waals surface area (Å²) in [5, 5.41) is 6.74. The lowest BCUT2D eigenvalue weighted by molar-refractivity contribution is 0.0383. The molecule has 2 N–H and O–H groups in total. The average molecular weight is 414 g/mol. The van der Waals surface area contributed by atoms with Crippen LogP contribution in [0.15, 0.2) is 30.3 Å². The molecule has 0 unspecified atom stereocenters. The maximum Gasteiger partial charge on any atom is 0.256 e. The van der Waals surface area contributed by atoms with Crippen LogP contribution in [0.25, 0.3) is 0 Å². The molecule has 1 aliphatic heterocycles. The van der Waals surface area contributed by atoms with Crippen molar-refractivity contribution in [3.8, 4) is 0 Å². The highest BCUT2D eigenvalue weighted by Gasteiger charge is 2.26. The first-order chi connectivity index (χ1) is 14.2. The first-order valence-electron chi connectivity index (χ1n) is 10.3. The summed E-state index contributed by atoms with van der Waals surface area (Å²) in [6, 6.07) is 9.13. The summed E-state index contributed by atoms with van der Waals surface area (Å²) >= 11 is 1.56. The SMILES string of the molecule is O=C(Nc1sc2c(c1C(=O)NCCN1CCOCC1)CCCC2)c1ccccc1. The molecule has 2 aliphatic rings. The minimum Gasteiger partial charge on any atom is -0.379 e. The van der Waals surface area contributed by atoms with Gasteiger partial charge in [0.25, 0.3) is 11.8 Å². The van der Waals surface area contributed by atoms with E-state index in [0.29, 0.717) is 22.7 Å². The van der Waals surface area contributed by atoms with Gasteiger partial charge in [-0.2, -0.15) is 0 Å². The molecule has 1 fully saturated rings. The van der Waals surface area contributed by atoms with Crippen LogP contribution in [-0.4, -0.2) is 56.1 Å². The van der Waals surface area contributed by atoms with Gasteiger partial charge in [0.2, 0.25) is 0 Å². The summed E-state index contributed by atoms with van der Waals surface area (Å²) in [5.41, 5.74) is 2.38. The number of carbonyl (C=O) groups excluding carboxylic acids is 2. The fourth-order valence-corrected chi connectivity index (χ4v) is 5.18. The molecule has 7 heteroatoms. The van der Waals surface area contributed by atoms with E-state index in [1.165, 1.54) is 4.88 Å². The number of rotatable bonds is 6. The average Bonchev–Trinajstić information content (AvgIpc) is 3.13. The summed E-state index contributed by atoms with van der Waals surface area (Å²) in [4.78, 5) is 29.3. The molecule has 1 aliphatic carbocycles. The van der Waals surface area contributed by atoms with E-state index in [0.717, 1.165) is 64.1 Å². The van der Waals surface area contributed by atoms with Gasteiger partial charge in [0, 0.05) is 36.6 Å². The van der Waals surface area contributed by atoms with Gasteiger partial charge >= 0.3 is 0 Å². The number of benzene rings is 1. The highest BCUT2D eigenvalue weighted by Crippen LogP contribution is 2.38. The molecule has 0 bridgehead atoms. The maximum atomic E-state index is 13.1. The predicted octanol–water partition coefficient (Wildman–Crippen LogP) is 2.94. The fourth-order valence-electron chi connectivity index (χ4n) is 3.90. The molecule has 0 atom stereocenters. The highest BCUT2D eigenvalue weighted by atomic mass is 32.1. The molecular formula is C22H27N3O3S. The molecule has 154 valence electrons. The van der Waals surface area contributed by atoms with Crippen LogP contribution < -0.4 is 10.6 Å². The number of fused-ring (bicyclic) bond motifs is 1. The third kappa shape index (κ3) is 4.86. The summed E-state index contributed by atoms with van der Waals surface area (Å²) in [7, 11) is 0. The lowest BCUT2D eigenvalue weighted by Crippen LogP contribution is -2.41. The molecule has 4 rings (SSSR count). The number of nitrogens with zero attached hydrogens (tertiary/aromatic N) is 1. The van der Waals surface area contributed by atoms with E-state index in [2.05, 4.69) is 15.5 Å². The van der Waals surface area contributed by atoms with Crippen LogP contribution in [0.1, 0.15) is 44.0 Å². The summed E-state index contributed by atoms with van der Waals surface area (Å²) < 4.78 is 5.37. The molecule has 2 heterocycles. The van der Waals surface area contributed by atoms with E-state index in [4.69, 9.17) is 4.74 Å².